The van der Waals surface area contributed by atoms with Crippen molar-refractivity contribution in [1.29, 1.82) is 0 Å². The monoisotopic (exact) mass is 298 g/mol. The second-order valence-electron chi connectivity index (χ2n) is 3.43. The molecule has 0 saturated carbocycles. The van der Waals surface area contributed by atoms with E-state index in [9.17, 15) is 0 Å². The SMILES string of the molecule is SOc1ccc(OS)c(-c2ccccc2OS)c1. The van der Waals surface area contributed by atoms with Crippen LogP contribution in [-0.2, 0) is 0 Å². The molecule has 0 bridgehead atoms. The molecule has 94 valence electrons. The highest BCUT2D eigenvalue weighted by Gasteiger charge is 2.12. The summed E-state index contributed by atoms with van der Waals surface area (Å²) >= 11 is 11.4. The van der Waals surface area contributed by atoms with E-state index in [0.717, 1.165) is 11.1 Å². The van der Waals surface area contributed by atoms with Crippen molar-refractivity contribution >= 4 is 38.7 Å². The summed E-state index contributed by atoms with van der Waals surface area (Å²) in [5, 5.41) is 0. The van der Waals surface area contributed by atoms with Crippen LogP contribution < -0.4 is 12.5 Å². The summed E-state index contributed by atoms with van der Waals surface area (Å²) in [6.45, 7) is 0. The Morgan fingerprint density at radius 2 is 1.33 bits per heavy atom. The minimum atomic E-state index is 0.588. The molecule has 0 fully saturated rings. The smallest absolute Gasteiger partial charge is 0.145 e. The third kappa shape index (κ3) is 2.66. The number of hydrogen-bond donors (Lipinski definition) is 3. The van der Waals surface area contributed by atoms with Gasteiger partial charge in [0.15, 0.2) is 0 Å². The molecule has 0 amide bonds. The number of rotatable bonds is 4. The van der Waals surface area contributed by atoms with E-state index in [2.05, 4.69) is 38.7 Å². The van der Waals surface area contributed by atoms with Crippen LogP contribution in [0.15, 0.2) is 42.5 Å². The van der Waals surface area contributed by atoms with Crippen LogP contribution in [0.4, 0.5) is 0 Å². The molecule has 18 heavy (non-hydrogen) atoms. The molecular weight excluding hydrogens is 288 g/mol. The van der Waals surface area contributed by atoms with Gasteiger partial charge in [-0.05, 0) is 24.3 Å². The van der Waals surface area contributed by atoms with Gasteiger partial charge in [0.25, 0.3) is 0 Å². The van der Waals surface area contributed by atoms with Crippen LogP contribution in [0.5, 0.6) is 17.2 Å². The first-order valence-corrected chi connectivity index (χ1v) is 6.07. The van der Waals surface area contributed by atoms with Crippen molar-refractivity contribution in [3.8, 4) is 28.4 Å². The van der Waals surface area contributed by atoms with Crippen molar-refractivity contribution in [3.05, 3.63) is 42.5 Å². The maximum absolute atomic E-state index is 5.03. The highest BCUT2D eigenvalue weighted by molar-refractivity contribution is 7.75. The van der Waals surface area contributed by atoms with Gasteiger partial charge in [0.05, 0.1) is 0 Å². The van der Waals surface area contributed by atoms with E-state index in [0.29, 0.717) is 17.2 Å². The average Bonchev–Trinajstić information content (AvgIpc) is 2.46. The number of para-hydroxylation sites is 1. The second-order valence-corrected chi connectivity index (χ2v) is 3.98. The summed E-state index contributed by atoms with van der Waals surface area (Å²) in [6, 6.07) is 12.7. The molecule has 0 N–H and O–H groups in total. The Balaban J connectivity index is 2.60. The van der Waals surface area contributed by atoms with Crippen molar-refractivity contribution in [2.75, 3.05) is 0 Å². The van der Waals surface area contributed by atoms with Crippen LogP contribution in [0.1, 0.15) is 0 Å². The quantitative estimate of drug-likeness (QED) is 0.588. The van der Waals surface area contributed by atoms with Crippen LogP contribution in [0.3, 0.4) is 0 Å². The molecule has 0 heterocycles. The molecule has 0 saturated heterocycles. The molecule has 3 nitrogen and oxygen atoms in total. The lowest BCUT2D eigenvalue weighted by Crippen LogP contribution is -1.88. The Kier molecular flexibility index (Phi) is 4.57. The fourth-order valence-corrected chi connectivity index (χ4v) is 2.06. The van der Waals surface area contributed by atoms with E-state index >= 15 is 0 Å². The van der Waals surface area contributed by atoms with Gasteiger partial charge in [0.2, 0.25) is 0 Å². The van der Waals surface area contributed by atoms with Crippen molar-refractivity contribution in [2.24, 2.45) is 0 Å². The largest absolute Gasteiger partial charge is 0.429 e. The van der Waals surface area contributed by atoms with E-state index in [-0.39, 0.29) is 0 Å². The molecule has 0 aromatic heterocycles. The van der Waals surface area contributed by atoms with Gasteiger partial charge in [0.1, 0.15) is 17.2 Å². The average molecular weight is 298 g/mol. The highest BCUT2D eigenvalue weighted by atomic mass is 32.1. The van der Waals surface area contributed by atoms with Crippen LogP contribution in [0, 0.1) is 0 Å². The maximum Gasteiger partial charge on any atom is 0.145 e. The zero-order chi connectivity index (χ0) is 13.0. The molecule has 2 rings (SSSR count). The van der Waals surface area contributed by atoms with Gasteiger partial charge in [-0.15, -0.1) is 0 Å². The van der Waals surface area contributed by atoms with E-state index in [1.165, 1.54) is 0 Å². The first-order chi connectivity index (χ1) is 8.80. The van der Waals surface area contributed by atoms with Crippen molar-refractivity contribution in [1.82, 2.24) is 0 Å². The summed E-state index contributed by atoms with van der Waals surface area (Å²) in [6.07, 6.45) is 0. The van der Waals surface area contributed by atoms with Gasteiger partial charge in [0, 0.05) is 49.9 Å². The van der Waals surface area contributed by atoms with Crippen LogP contribution in [0.25, 0.3) is 11.1 Å². The van der Waals surface area contributed by atoms with E-state index in [4.69, 9.17) is 12.5 Å². The first kappa shape index (κ1) is 13.3. The second kappa shape index (κ2) is 6.17. The van der Waals surface area contributed by atoms with Gasteiger partial charge >= 0.3 is 0 Å². The lowest BCUT2D eigenvalue weighted by atomic mass is 10.0. The Labute approximate surface area is 122 Å². The summed E-state index contributed by atoms with van der Waals surface area (Å²) in [4.78, 5) is 0. The molecule has 0 aliphatic heterocycles. The summed E-state index contributed by atoms with van der Waals surface area (Å²) < 4.78 is 15.0. The molecule has 2 aromatic rings. The third-order valence-corrected chi connectivity index (χ3v) is 3.03. The lowest BCUT2D eigenvalue weighted by molar-refractivity contribution is 0.638. The summed E-state index contributed by atoms with van der Waals surface area (Å²) in [5.41, 5.74) is 1.60. The third-order valence-electron chi connectivity index (χ3n) is 2.43. The minimum Gasteiger partial charge on any atom is -0.429 e. The van der Waals surface area contributed by atoms with Gasteiger partial charge in [-0.3, -0.25) is 0 Å². The topological polar surface area (TPSA) is 27.7 Å². The van der Waals surface area contributed by atoms with Gasteiger partial charge < -0.3 is 12.5 Å². The van der Waals surface area contributed by atoms with Crippen molar-refractivity contribution in [3.63, 3.8) is 0 Å². The lowest BCUT2D eigenvalue weighted by Gasteiger charge is -2.11. The molecular formula is C12H10O3S3. The van der Waals surface area contributed by atoms with Crippen LogP contribution in [-0.4, -0.2) is 0 Å². The molecule has 0 spiro atoms. The molecule has 6 heteroatoms. The maximum atomic E-state index is 5.03. The zero-order valence-corrected chi connectivity index (χ0v) is 11.8. The van der Waals surface area contributed by atoms with Gasteiger partial charge in [-0.25, -0.2) is 0 Å². The molecule has 2 aromatic carbocycles. The molecule has 0 atom stereocenters. The van der Waals surface area contributed by atoms with Gasteiger partial charge in [-0.2, -0.15) is 0 Å². The molecule has 0 aliphatic carbocycles. The Bertz CT molecular complexity index is 546. The summed E-state index contributed by atoms with van der Waals surface area (Å²) in [7, 11) is 0. The van der Waals surface area contributed by atoms with Crippen molar-refractivity contribution < 1.29 is 12.5 Å². The molecule has 0 aliphatic rings. The molecule has 0 radical (unpaired) electrons. The van der Waals surface area contributed by atoms with Gasteiger partial charge in [-0.1, -0.05) is 18.2 Å². The van der Waals surface area contributed by atoms with E-state index in [1.807, 2.05) is 18.2 Å². The Morgan fingerprint density at radius 3 is 2.00 bits per heavy atom. The fraction of sp³-hybridized carbons (Fsp3) is 0. The van der Waals surface area contributed by atoms with Crippen molar-refractivity contribution in [2.45, 2.75) is 0 Å². The summed E-state index contributed by atoms with van der Waals surface area (Å²) in [5.74, 6) is 1.80. The minimum absolute atomic E-state index is 0.588. The number of benzene rings is 2. The first-order valence-electron chi connectivity index (χ1n) is 4.98. The van der Waals surface area contributed by atoms with Crippen LogP contribution in [0.2, 0.25) is 0 Å². The van der Waals surface area contributed by atoms with E-state index in [1.54, 1.807) is 24.3 Å². The standard InChI is InChI=1S/C12H10O3S3/c16-13-8-5-6-12(15-18)10(7-8)9-3-1-2-4-11(9)14-17/h1-7,16-18H. The Hall–Kier alpha value is -1.11. The zero-order valence-electron chi connectivity index (χ0n) is 9.11. The number of hydrogen-bond acceptors (Lipinski definition) is 6. The predicted octanol–water partition coefficient (Wildman–Crippen LogP) is 4.02. The highest BCUT2D eigenvalue weighted by Crippen LogP contribution is 2.39. The fourth-order valence-electron chi connectivity index (χ4n) is 1.62. The Morgan fingerprint density at radius 1 is 0.667 bits per heavy atom. The predicted molar refractivity (Wildman–Crippen MR) is 80.7 cm³/mol. The van der Waals surface area contributed by atoms with Crippen LogP contribution >= 0.6 is 38.7 Å². The van der Waals surface area contributed by atoms with E-state index < -0.39 is 0 Å². The number of thiol groups is 3. The molecule has 0 unspecified atom stereocenters. The normalized spacial score (nSPS) is 9.94.